The molecule has 11 heteroatoms. The number of benzene rings is 2. The molecule has 0 amide bonds. The summed E-state index contributed by atoms with van der Waals surface area (Å²) in [7, 11) is -1.89. The Morgan fingerprint density at radius 1 is 1.22 bits per heavy atom. The molecule has 0 saturated carbocycles. The number of aromatic nitrogens is 1. The maximum Gasteiger partial charge on any atom is 0.263 e. The number of hydrogen-bond donors (Lipinski definition) is 3. The normalized spacial score (nSPS) is 16.7. The number of likely N-dealkylation sites (N-methyl/N-ethyl adjacent to an activating group) is 1. The molecule has 1 aliphatic rings. The summed E-state index contributed by atoms with van der Waals surface area (Å²) in [5.41, 5.74) is 3.50. The van der Waals surface area contributed by atoms with Gasteiger partial charge >= 0.3 is 0 Å². The Morgan fingerprint density at radius 2 is 2.03 bits per heavy atom. The first-order chi connectivity index (χ1) is 15.4. The molecule has 2 heterocycles. The molecule has 1 atom stereocenters. The van der Waals surface area contributed by atoms with Crippen LogP contribution in [0.4, 0.5) is 27.3 Å². The van der Waals surface area contributed by atoms with Crippen LogP contribution in [0.1, 0.15) is 12.8 Å². The summed E-state index contributed by atoms with van der Waals surface area (Å²) in [6.07, 6.45) is 2.07. The quantitative estimate of drug-likeness (QED) is 0.441. The highest BCUT2D eigenvalue weighted by atomic mass is 35.5. The number of nitrogens with one attached hydrogen (secondary N) is 3. The van der Waals surface area contributed by atoms with Crippen LogP contribution in [-0.2, 0) is 10.0 Å². The Hall–Kier alpha value is -2.40. The highest BCUT2D eigenvalue weighted by molar-refractivity contribution is 7.92. The molecule has 0 aliphatic carbocycles. The molecular weight excluding hydrogens is 473 g/mol. The van der Waals surface area contributed by atoms with Gasteiger partial charge in [0.25, 0.3) is 10.0 Å². The van der Waals surface area contributed by atoms with Crippen LogP contribution in [0.25, 0.3) is 0 Å². The average molecular weight is 496 g/mol. The van der Waals surface area contributed by atoms with Crippen molar-refractivity contribution in [3.05, 3.63) is 58.1 Å². The van der Waals surface area contributed by atoms with E-state index in [-0.39, 0.29) is 21.6 Å². The van der Waals surface area contributed by atoms with Crippen LogP contribution in [0.3, 0.4) is 0 Å². The van der Waals surface area contributed by atoms with E-state index in [1.54, 1.807) is 23.0 Å². The van der Waals surface area contributed by atoms with Gasteiger partial charge in [-0.05, 0) is 56.3 Å². The lowest BCUT2D eigenvalue weighted by molar-refractivity contribution is 0.449. The van der Waals surface area contributed by atoms with Gasteiger partial charge in [-0.15, -0.1) is 11.3 Å². The van der Waals surface area contributed by atoms with Crippen molar-refractivity contribution in [3.63, 3.8) is 0 Å². The number of hydrogen-bond acceptors (Lipinski definition) is 7. The summed E-state index contributed by atoms with van der Waals surface area (Å²) < 4.78 is 41.7. The summed E-state index contributed by atoms with van der Waals surface area (Å²) in [6, 6.07) is 9.32. The van der Waals surface area contributed by atoms with Crippen LogP contribution in [0, 0.1) is 5.82 Å². The van der Waals surface area contributed by atoms with E-state index in [4.69, 9.17) is 11.6 Å². The van der Waals surface area contributed by atoms with Gasteiger partial charge in [0.1, 0.15) is 5.82 Å². The zero-order valence-corrected chi connectivity index (χ0v) is 19.7. The second kappa shape index (κ2) is 9.62. The van der Waals surface area contributed by atoms with E-state index < -0.39 is 10.0 Å². The zero-order valence-electron chi connectivity index (χ0n) is 17.3. The highest BCUT2D eigenvalue weighted by Gasteiger charge is 2.22. The molecule has 1 unspecified atom stereocenters. The van der Waals surface area contributed by atoms with Crippen molar-refractivity contribution in [2.75, 3.05) is 35.1 Å². The van der Waals surface area contributed by atoms with Gasteiger partial charge in [0, 0.05) is 24.5 Å². The van der Waals surface area contributed by atoms with E-state index >= 15 is 0 Å². The molecule has 2 aromatic carbocycles. The van der Waals surface area contributed by atoms with Crippen molar-refractivity contribution in [3.8, 4) is 0 Å². The minimum Gasteiger partial charge on any atom is -0.368 e. The SMILES string of the molecule is CNC1CCCN(c2cc(F)ccc2Nc2ccc(S(=O)(=O)Nc3cscn3)cc2Cl)C1. The molecule has 0 spiro atoms. The Kier molecular flexibility index (Phi) is 6.85. The maximum atomic E-state index is 14.1. The topological polar surface area (TPSA) is 86.4 Å². The smallest absolute Gasteiger partial charge is 0.263 e. The Labute approximate surface area is 195 Å². The van der Waals surface area contributed by atoms with Gasteiger partial charge in [0.15, 0.2) is 5.82 Å². The van der Waals surface area contributed by atoms with Crippen molar-refractivity contribution in [1.29, 1.82) is 0 Å². The molecule has 1 saturated heterocycles. The molecule has 0 radical (unpaired) electrons. The van der Waals surface area contributed by atoms with E-state index in [2.05, 4.69) is 25.2 Å². The van der Waals surface area contributed by atoms with Crippen LogP contribution >= 0.6 is 22.9 Å². The molecule has 1 fully saturated rings. The second-order valence-electron chi connectivity index (χ2n) is 7.48. The molecule has 3 aromatic rings. The number of halogens is 2. The molecule has 1 aromatic heterocycles. The second-order valence-corrected chi connectivity index (χ2v) is 10.3. The van der Waals surface area contributed by atoms with Crippen molar-refractivity contribution < 1.29 is 12.8 Å². The highest BCUT2D eigenvalue weighted by Crippen LogP contribution is 2.35. The number of anilines is 4. The standard InChI is InChI=1S/C21H23ClFN5O2S2/c1-24-15-3-2-8-28(11-15)20-9-14(23)4-6-19(20)26-18-7-5-16(10-17(18)22)32(29,30)27-21-12-31-13-25-21/h4-7,9-10,12-13,15,24,26-27H,2-3,8,11H2,1H3. The van der Waals surface area contributed by atoms with Crippen molar-refractivity contribution in [2.24, 2.45) is 0 Å². The number of nitrogens with zero attached hydrogens (tertiary/aromatic N) is 2. The number of sulfonamides is 1. The Balaban J connectivity index is 1.58. The third-order valence-corrected chi connectivity index (χ3v) is 7.57. The minimum absolute atomic E-state index is 0.0215. The zero-order chi connectivity index (χ0) is 22.7. The first-order valence-electron chi connectivity index (χ1n) is 10.0. The van der Waals surface area contributed by atoms with E-state index in [1.165, 1.54) is 35.6 Å². The summed E-state index contributed by atoms with van der Waals surface area (Å²) in [5.74, 6) is -0.0662. The van der Waals surface area contributed by atoms with Crippen LogP contribution in [0.5, 0.6) is 0 Å². The maximum absolute atomic E-state index is 14.1. The van der Waals surface area contributed by atoms with Gasteiger partial charge in [-0.25, -0.2) is 17.8 Å². The van der Waals surface area contributed by atoms with Gasteiger partial charge in [0.2, 0.25) is 0 Å². The Bertz CT molecular complexity index is 1190. The lowest BCUT2D eigenvalue weighted by atomic mass is 10.0. The molecule has 170 valence electrons. The molecule has 1 aliphatic heterocycles. The Morgan fingerprint density at radius 3 is 2.75 bits per heavy atom. The van der Waals surface area contributed by atoms with Crippen molar-refractivity contribution >= 4 is 55.8 Å². The predicted molar refractivity (Wildman–Crippen MR) is 128 cm³/mol. The minimum atomic E-state index is -3.82. The van der Waals surface area contributed by atoms with Crippen molar-refractivity contribution in [1.82, 2.24) is 10.3 Å². The third-order valence-electron chi connectivity index (χ3n) is 5.32. The molecule has 4 rings (SSSR count). The first kappa shape index (κ1) is 22.8. The molecule has 3 N–H and O–H groups in total. The fourth-order valence-corrected chi connectivity index (χ4v) is 5.55. The predicted octanol–water partition coefficient (Wildman–Crippen LogP) is 4.67. The van der Waals surface area contributed by atoms with E-state index in [1.807, 2.05) is 7.05 Å². The molecule has 0 bridgehead atoms. The lowest BCUT2D eigenvalue weighted by Crippen LogP contribution is -2.44. The third kappa shape index (κ3) is 5.15. The summed E-state index contributed by atoms with van der Waals surface area (Å²) in [4.78, 5) is 6.10. The van der Waals surface area contributed by atoms with Crippen LogP contribution < -0.4 is 20.3 Å². The summed E-state index contributed by atoms with van der Waals surface area (Å²) in [6.45, 7) is 1.59. The van der Waals surface area contributed by atoms with Gasteiger partial charge in [-0.1, -0.05) is 11.6 Å². The van der Waals surface area contributed by atoms with Gasteiger partial charge in [-0.2, -0.15) is 0 Å². The fraction of sp³-hybridized carbons (Fsp3) is 0.286. The molecule has 7 nitrogen and oxygen atoms in total. The largest absolute Gasteiger partial charge is 0.368 e. The van der Waals surface area contributed by atoms with Crippen LogP contribution in [0.2, 0.25) is 5.02 Å². The summed E-state index contributed by atoms with van der Waals surface area (Å²) in [5, 5.41) is 8.36. The van der Waals surface area contributed by atoms with Crippen LogP contribution in [0.15, 0.2) is 52.2 Å². The molecule has 32 heavy (non-hydrogen) atoms. The number of thiazole rings is 1. The lowest BCUT2D eigenvalue weighted by Gasteiger charge is -2.35. The van der Waals surface area contributed by atoms with Gasteiger partial charge in [0.05, 0.1) is 32.5 Å². The number of rotatable bonds is 7. The summed E-state index contributed by atoms with van der Waals surface area (Å²) >= 11 is 7.71. The van der Waals surface area contributed by atoms with E-state index in [9.17, 15) is 12.8 Å². The van der Waals surface area contributed by atoms with Crippen molar-refractivity contribution in [2.45, 2.75) is 23.8 Å². The molecular formula is C21H23ClFN5O2S2. The van der Waals surface area contributed by atoms with Gasteiger partial charge < -0.3 is 15.5 Å². The van der Waals surface area contributed by atoms with Crippen LogP contribution in [-0.4, -0.2) is 39.6 Å². The van der Waals surface area contributed by atoms with E-state index in [0.717, 1.165) is 31.6 Å². The average Bonchev–Trinajstić information content (AvgIpc) is 3.28. The first-order valence-corrected chi connectivity index (χ1v) is 12.9. The number of piperidine rings is 1. The van der Waals surface area contributed by atoms with Gasteiger partial charge in [-0.3, -0.25) is 4.72 Å². The van der Waals surface area contributed by atoms with E-state index in [0.29, 0.717) is 17.4 Å². The monoisotopic (exact) mass is 495 g/mol. The fourth-order valence-electron chi connectivity index (χ4n) is 3.67.